The molecular formula is C25H28N2O3. The van der Waals surface area contributed by atoms with Crippen molar-refractivity contribution in [3.63, 3.8) is 0 Å². The molecule has 1 heterocycles. The van der Waals surface area contributed by atoms with Gasteiger partial charge in [0, 0.05) is 11.3 Å². The van der Waals surface area contributed by atoms with E-state index in [9.17, 15) is 9.59 Å². The van der Waals surface area contributed by atoms with Gasteiger partial charge in [0.15, 0.2) is 5.78 Å². The number of carbonyl (C=O) groups excluding carboxylic acids is 2. The number of ketones is 1. The number of ether oxygens (including phenoxy) is 1. The summed E-state index contributed by atoms with van der Waals surface area (Å²) in [6.45, 7) is 6.25. The van der Waals surface area contributed by atoms with Gasteiger partial charge in [0.2, 0.25) is 0 Å². The molecule has 156 valence electrons. The molecule has 2 N–H and O–H groups in total. The molecule has 0 saturated heterocycles. The number of fused-ring (bicyclic) bond motifs is 1. The molecule has 5 nitrogen and oxygen atoms in total. The van der Waals surface area contributed by atoms with Crippen LogP contribution >= 0.6 is 0 Å². The third-order valence-electron chi connectivity index (χ3n) is 6.16. The summed E-state index contributed by atoms with van der Waals surface area (Å²) >= 11 is 0. The van der Waals surface area contributed by atoms with Crippen molar-refractivity contribution < 1.29 is 14.3 Å². The first-order valence-corrected chi connectivity index (χ1v) is 10.5. The minimum absolute atomic E-state index is 0.134. The Balaban J connectivity index is 1.84. The first-order chi connectivity index (χ1) is 14.4. The fourth-order valence-electron chi connectivity index (χ4n) is 4.46. The monoisotopic (exact) mass is 404 g/mol. The van der Waals surface area contributed by atoms with Gasteiger partial charge in [-0.05, 0) is 41.5 Å². The van der Waals surface area contributed by atoms with Gasteiger partial charge < -0.3 is 15.4 Å². The first-order valence-electron chi connectivity index (χ1n) is 10.5. The summed E-state index contributed by atoms with van der Waals surface area (Å²) in [6, 6.07) is 16.0. The summed E-state index contributed by atoms with van der Waals surface area (Å²) in [5.41, 5.74) is 5.61. The Bertz CT molecular complexity index is 1010. The van der Waals surface area contributed by atoms with E-state index in [1.165, 1.54) is 12.7 Å². The van der Waals surface area contributed by atoms with Crippen molar-refractivity contribution in [1.82, 2.24) is 0 Å². The molecule has 0 unspecified atom stereocenters. The number of hydrogen-bond acceptors (Lipinski definition) is 5. The zero-order valence-corrected chi connectivity index (χ0v) is 17.9. The molecule has 0 spiro atoms. The SMILES string of the molecule is COC(=O)[C@H]1C(=O)C2=C(C[C@@H]1C)Nc1ccccc1N[C@@H]2c1ccc(C(C)C)cc1. The number of rotatable bonds is 3. The Morgan fingerprint density at radius 3 is 2.37 bits per heavy atom. The highest BCUT2D eigenvalue weighted by Gasteiger charge is 2.44. The zero-order chi connectivity index (χ0) is 21.4. The van der Waals surface area contributed by atoms with Gasteiger partial charge in [-0.2, -0.15) is 0 Å². The molecule has 3 atom stereocenters. The summed E-state index contributed by atoms with van der Waals surface area (Å²) in [5.74, 6) is -1.11. The number of allylic oxidation sites excluding steroid dienone is 1. The molecular weight excluding hydrogens is 376 g/mol. The predicted molar refractivity (Wildman–Crippen MR) is 118 cm³/mol. The van der Waals surface area contributed by atoms with Gasteiger partial charge in [-0.1, -0.05) is 57.2 Å². The number of Topliss-reactive ketones (excluding diaryl/α,β-unsaturated/α-hetero) is 1. The second kappa shape index (κ2) is 7.98. The number of benzene rings is 2. The number of esters is 1. The van der Waals surface area contributed by atoms with Crippen LogP contribution in [0.25, 0.3) is 0 Å². The van der Waals surface area contributed by atoms with Gasteiger partial charge in [0.1, 0.15) is 5.92 Å². The van der Waals surface area contributed by atoms with Gasteiger partial charge in [-0.15, -0.1) is 0 Å². The lowest BCUT2D eigenvalue weighted by Crippen LogP contribution is -2.39. The molecule has 1 aliphatic heterocycles. The van der Waals surface area contributed by atoms with E-state index in [1.54, 1.807) is 0 Å². The van der Waals surface area contributed by atoms with Crippen molar-refractivity contribution in [2.75, 3.05) is 17.7 Å². The highest BCUT2D eigenvalue weighted by atomic mass is 16.5. The van der Waals surface area contributed by atoms with Crippen molar-refractivity contribution in [2.24, 2.45) is 11.8 Å². The van der Waals surface area contributed by atoms with Crippen molar-refractivity contribution in [2.45, 2.75) is 39.2 Å². The van der Waals surface area contributed by atoms with Crippen LogP contribution in [0.5, 0.6) is 0 Å². The van der Waals surface area contributed by atoms with E-state index in [0.29, 0.717) is 17.9 Å². The van der Waals surface area contributed by atoms with Gasteiger partial charge in [-0.25, -0.2) is 0 Å². The fraction of sp³-hybridized carbons (Fsp3) is 0.360. The summed E-state index contributed by atoms with van der Waals surface area (Å²) in [4.78, 5) is 26.0. The molecule has 0 fully saturated rings. The maximum absolute atomic E-state index is 13.6. The second-order valence-corrected chi connectivity index (χ2v) is 8.51. The standard InChI is InChI=1S/C25H28N2O3/c1-14(2)16-9-11-17(12-10-16)23-22-20(26-18-7-5-6-8-19(18)27-23)13-15(3)21(24(22)28)25(29)30-4/h5-12,14-15,21,23,26-27H,13H2,1-4H3/t15-,21+,23+/m0/s1. The molecule has 4 rings (SSSR count). The maximum atomic E-state index is 13.6. The molecule has 2 aromatic rings. The van der Waals surface area contributed by atoms with Crippen LogP contribution in [0.4, 0.5) is 11.4 Å². The zero-order valence-electron chi connectivity index (χ0n) is 17.9. The van der Waals surface area contributed by atoms with Crippen molar-refractivity contribution >= 4 is 23.1 Å². The minimum atomic E-state index is -0.781. The van der Waals surface area contributed by atoms with E-state index in [-0.39, 0.29) is 17.7 Å². The van der Waals surface area contributed by atoms with E-state index >= 15 is 0 Å². The van der Waals surface area contributed by atoms with E-state index in [4.69, 9.17) is 4.74 Å². The highest BCUT2D eigenvalue weighted by Crippen LogP contribution is 2.43. The lowest BCUT2D eigenvalue weighted by atomic mass is 9.74. The van der Waals surface area contributed by atoms with E-state index < -0.39 is 11.9 Å². The quantitative estimate of drug-likeness (QED) is 0.554. The van der Waals surface area contributed by atoms with Crippen LogP contribution in [-0.2, 0) is 14.3 Å². The maximum Gasteiger partial charge on any atom is 0.316 e. The third kappa shape index (κ3) is 3.49. The van der Waals surface area contributed by atoms with Crippen molar-refractivity contribution in [3.8, 4) is 0 Å². The summed E-state index contributed by atoms with van der Waals surface area (Å²) in [5, 5.41) is 7.03. The van der Waals surface area contributed by atoms with Gasteiger partial charge in [0.25, 0.3) is 0 Å². The number of hydrogen-bond donors (Lipinski definition) is 2. The van der Waals surface area contributed by atoms with Gasteiger partial charge in [-0.3, -0.25) is 9.59 Å². The summed E-state index contributed by atoms with van der Waals surface area (Å²) in [7, 11) is 1.34. The number of methoxy groups -OCH3 is 1. The Kier molecular flexibility index (Phi) is 5.37. The Morgan fingerprint density at radius 2 is 1.73 bits per heavy atom. The van der Waals surface area contributed by atoms with Crippen molar-refractivity contribution in [1.29, 1.82) is 0 Å². The van der Waals surface area contributed by atoms with Crippen LogP contribution in [0.2, 0.25) is 0 Å². The molecule has 0 saturated carbocycles. The molecule has 2 aromatic carbocycles. The van der Waals surface area contributed by atoms with E-state index in [0.717, 1.165) is 22.6 Å². The molecule has 0 amide bonds. The number of nitrogens with one attached hydrogen (secondary N) is 2. The summed E-state index contributed by atoms with van der Waals surface area (Å²) in [6.07, 6.45) is 0.609. The minimum Gasteiger partial charge on any atom is -0.468 e. The molecule has 5 heteroatoms. The third-order valence-corrected chi connectivity index (χ3v) is 6.16. The lowest BCUT2D eigenvalue weighted by Gasteiger charge is -2.32. The molecule has 0 bridgehead atoms. The second-order valence-electron chi connectivity index (χ2n) is 8.51. The van der Waals surface area contributed by atoms with E-state index in [2.05, 4.69) is 48.7 Å². The smallest absolute Gasteiger partial charge is 0.316 e. The molecule has 1 aliphatic carbocycles. The fourth-order valence-corrected chi connectivity index (χ4v) is 4.46. The first kappa shape index (κ1) is 20.2. The van der Waals surface area contributed by atoms with Crippen LogP contribution in [-0.4, -0.2) is 18.9 Å². The van der Waals surface area contributed by atoms with Gasteiger partial charge in [0.05, 0.1) is 24.5 Å². The summed E-state index contributed by atoms with van der Waals surface area (Å²) < 4.78 is 4.96. The Morgan fingerprint density at radius 1 is 1.07 bits per heavy atom. The van der Waals surface area contributed by atoms with Crippen LogP contribution in [0.15, 0.2) is 59.8 Å². The molecule has 0 aromatic heterocycles. The van der Waals surface area contributed by atoms with Crippen LogP contribution in [0, 0.1) is 11.8 Å². The normalized spacial score (nSPS) is 23.1. The average Bonchev–Trinajstić information content (AvgIpc) is 2.90. The number of para-hydroxylation sites is 2. The van der Waals surface area contributed by atoms with E-state index in [1.807, 2.05) is 31.2 Å². The van der Waals surface area contributed by atoms with Crippen LogP contribution in [0.1, 0.15) is 50.3 Å². The lowest BCUT2D eigenvalue weighted by molar-refractivity contribution is -0.151. The van der Waals surface area contributed by atoms with Crippen LogP contribution in [0.3, 0.4) is 0 Å². The largest absolute Gasteiger partial charge is 0.468 e. The Labute approximate surface area is 177 Å². The Hall–Kier alpha value is -3.08. The predicted octanol–water partition coefficient (Wildman–Crippen LogP) is 5.04. The molecule has 30 heavy (non-hydrogen) atoms. The van der Waals surface area contributed by atoms with Crippen LogP contribution < -0.4 is 10.6 Å². The molecule has 0 radical (unpaired) electrons. The molecule has 2 aliphatic rings. The number of carbonyl (C=O) groups is 2. The topological polar surface area (TPSA) is 67.4 Å². The van der Waals surface area contributed by atoms with Crippen molar-refractivity contribution in [3.05, 3.63) is 70.9 Å². The average molecular weight is 405 g/mol. The number of anilines is 2. The van der Waals surface area contributed by atoms with Gasteiger partial charge >= 0.3 is 5.97 Å². The highest BCUT2D eigenvalue weighted by molar-refractivity contribution is 6.11.